The van der Waals surface area contributed by atoms with Crippen LogP contribution in [0.15, 0.2) is 18.3 Å². The van der Waals surface area contributed by atoms with Crippen LogP contribution in [0.25, 0.3) is 0 Å². The topological polar surface area (TPSA) is 12.9 Å². The van der Waals surface area contributed by atoms with E-state index in [0.717, 1.165) is 5.92 Å². The molecule has 1 heterocycles. The van der Waals surface area contributed by atoms with Crippen LogP contribution in [-0.2, 0) is 6.42 Å². The second-order valence-electron chi connectivity index (χ2n) is 4.43. The van der Waals surface area contributed by atoms with E-state index in [4.69, 9.17) is 0 Å². The number of rotatable bonds is 2. The Balaban J connectivity index is 2.30. The van der Waals surface area contributed by atoms with Crippen LogP contribution in [0.4, 0.5) is 0 Å². The van der Waals surface area contributed by atoms with E-state index >= 15 is 0 Å². The van der Waals surface area contributed by atoms with Crippen molar-refractivity contribution >= 4 is 0 Å². The quantitative estimate of drug-likeness (QED) is 0.693. The van der Waals surface area contributed by atoms with Gasteiger partial charge in [-0.2, -0.15) is 0 Å². The molecule has 2 rings (SSSR count). The van der Waals surface area contributed by atoms with Gasteiger partial charge in [0.15, 0.2) is 0 Å². The minimum absolute atomic E-state index is 0.713. The van der Waals surface area contributed by atoms with Gasteiger partial charge in [-0.15, -0.1) is 0 Å². The van der Waals surface area contributed by atoms with Crippen molar-refractivity contribution in [3.63, 3.8) is 0 Å². The molecule has 0 N–H and O–H groups in total. The normalized spacial score (nSPS) is 22.9. The molecule has 1 heteroatoms. The molecule has 0 spiro atoms. The van der Waals surface area contributed by atoms with Crippen molar-refractivity contribution in [2.75, 3.05) is 0 Å². The highest BCUT2D eigenvalue weighted by molar-refractivity contribution is 5.26. The predicted octanol–water partition coefficient (Wildman–Crippen LogP) is 3.55. The maximum atomic E-state index is 4.57. The van der Waals surface area contributed by atoms with Crippen LogP contribution >= 0.6 is 0 Å². The third-order valence-electron chi connectivity index (χ3n) is 3.57. The van der Waals surface area contributed by atoms with Gasteiger partial charge in [0, 0.05) is 17.8 Å². The van der Waals surface area contributed by atoms with Crippen molar-refractivity contribution in [3.05, 3.63) is 29.6 Å². The van der Waals surface area contributed by atoms with Gasteiger partial charge < -0.3 is 0 Å². The van der Waals surface area contributed by atoms with Crippen molar-refractivity contribution in [2.45, 2.75) is 45.4 Å². The van der Waals surface area contributed by atoms with Crippen molar-refractivity contribution in [3.8, 4) is 0 Å². The van der Waals surface area contributed by atoms with Gasteiger partial charge in [0.25, 0.3) is 0 Å². The fourth-order valence-electron chi connectivity index (χ4n) is 2.48. The average molecular weight is 189 g/mol. The monoisotopic (exact) mass is 189 g/mol. The zero-order chi connectivity index (χ0) is 9.97. The van der Waals surface area contributed by atoms with Crippen LogP contribution in [0.3, 0.4) is 0 Å². The lowest BCUT2D eigenvalue weighted by Crippen LogP contribution is -2.17. The van der Waals surface area contributed by atoms with Crippen LogP contribution in [0.2, 0.25) is 0 Å². The molecule has 1 aliphatic rings. The van der Waals surface area contributed by atoms with Gasteiger partial charge in [-0.1, -0.05) is 26.3 Å². The summed E-state index contributed by atoms with van der Waals surface area (Å²) in [5, 5.41) is 0. The Morgan fingerprint density at radius 1 is 1.57 bits per heavy atom. The summed E-state index contributed by atoms with van der Waals surface area (Å²) >= 11 is 0. The molecule has 0 aliphatic heterocycles. The van der Waals surface area contributed by atoms with E-state index in [-0.39, 0.29) is 0 Å². The maximum Gasteiger partial charge on any atom is 0.0469 e. The molecule has 1 aromatic rings. The molecule has 2 unspecified atom stereocenters. The third kappa shape index (κ3) is 1.68. The molecule has 14 heavy (non-hydrogen) atoms. The highest BCUT2D eigenvalue weighted by atomic mass is 14.7. The first-order valence-corrected chi connectivity index (χ1v) is 5.76. The maximum absolute atomic E-state index is 4.57. The van der Waals surface area contributed by atoms with Crippen LogP contribution in [0.5, 0.6) is 0 Å². The lowest BCUT2D eigenvalue weighted by molar-refractivity contribution is 0.387. The molecule has 0 amide bonds. The first kappa shape index (κ1) is 9.70. The molecule has 0 radical (unpaired) electrons. The standard InChI is InChI=1S/C13H19N/c1-3-10(2)12-8-4-6-11-7-5-9-14-13(11)12/h5,7,9-10,12H,3-4,6,8H2,1-2H3. The number of fused-ring (bicyclic) bond motifs is 1. The smallest absolute Gasteiger partial charge is 0.0469 e. The van der Waals surface area contributed by atoms with Gasteiger partial charge in [0.1, 0.15) is 0 Å². The molecule has 0 fully saturated rings. The largest absolute Gasteiger partial charge is 0.261 e. The summed E-state index contributed by atoms with van der Waals surface area (Å²) in [6.45, 7) is 4.64. The summed E-state index contributed by atoms with van der Waals surface area (Å²) in [6, 6.07) is 4.31. The van der Waals surface area contributed by atoms with E-state index in [9.17, 15) is 0 Å². The Morgan fingerprint density at radius 2 is 2.43 bits per heavy atom. The van der Waals surface area contributed by atoms with Gasteiger partial charge in [0.05, 0.1) is 0 Å². The summed E-state index contributed by atoms with van der Waals surface area (Å²) < 4.78 is 0. The number of aryl methyl sites for hydroxylation is 1. The van der Waals surface area contributed by atoms with Crippen LogP contribution in [0.1, 0.15) is 50.3 Å². The van der Waals surface area contributed by atoms with E-state index in [0.29, 0.717) is 5.92 Å². The lowest BCUT2D eigenvalue weighted by atomic mass is 9.78. The predicted molar refractivity (Wildman–Crippen MR) is 59.4 cm³/mol. The van der Waals surface area contributed by atoms with Gasteiger partial charge >= 0.3 is 0 Å². The summed E-state index contributed by atoms with van der Waals surface area (Å²) in [6.07, 6.45) is 7.11. The average Bonchev–Trinajstić information content (AvgIpc) is 2.27. The number of pyridine rings is 1. The Hall–Kier alpha value is -0.850. The zero-order valence-electron chi connectivity index (χ0n) is 9.16. The molecule has 0 bridgehead atoms. The molecular weight excluding hydrogens is 170 g/mol. The Kier molecular flexibility index (Phi) is 2.85. The minimum atomic E-state index is 0.713. The van der Waals surface area contributed by atoms with Gasteiger partial charge in [0.2, 0.25) is 0 Å². The van der Waals surface area contributed by atoms with Gasteiger partial charge in [-0.25, -0.2) is 0 Å². The molecule has 2 atom stereocenters. The Labute approximate surface area is 86.6 Å². The first-order valence-electron chi connectivity index (χ1n) is 5.76. The van der Waals surface area contributed by atoms with E-state index in [1.807, 2.05) is 6.20 Å². The van der Waals surface area contributed by atoms with Crippen molar-refractivity contribution in [1.29, 1.82) is 0 Å². The number of hydrogen-bond donors (Lipinski definition) is 0. The highest BCUT2D eigenvalue weighted by Crippen LogP contribution is 2.36. The van der Waals surface area contributed by atoms with Gasteiger partial charge in [-0.05, 0) is 36.8 Å². The summed E-state index contributed by atoms with van der Waals surface area (Å²) in [7, 11) is 0. The fraction of sp³-hybridized carbons (Fsp3) is 0.615. The lowest BCUT2D eigenvalue weighted by Gasteiger charge is -2.28. The van der Waals surface area contributed by atoms with E-state index < -0.39 is 0 Å². The van der Waals surface area contributed by atoms with E-state index in [2.05, 4.69) is 31.0 Å². The molecule has 1 aliphatic carbocycles. The number of nitrogens with zero attached hydrogens (tertiary/aromatic N) is 1. The second-order valence-corrected chi connectivity index (χ2v) is 4.43. The van der Waals surface area contributed by atoms with E-state index in [1.165, 1.54) is 36.9 Å². The minimum Gasteiger partial charge on any atom is -0.261 e. The van der Waals surface area contributed by atoms with Crippen LogP contribution in [-0.4, -0.2) is 4.98 Å². The van der Waals surface area contributed by atoms with Crippen LogP contribution < -0.4 is 0 Å². The van der Waals surface area contributed by atoms with E-state index in [1.54, 1.807) is 0 Å². The molecule has 0 saturated heterocycles. The Bertz CT molecular complexity index is 306. The molecule has 0 aromatic carbocycles. The van der Waals surface area contributed by atoms with Crippen molar-refractivity contribution in [1.82, 2.24) is 4.98 Å². The summed E-state index contributed by atoms with van der Waals surface area (Å²) in [5.41, 5.74) is 2.87. The molecule has 1 aromatic heterocycles. The molecular formula is C13H19N. The molecule has 1 nitrogen and oxygen atoms in total. The third-order valence-corrected chi connectivity index (χ3v) is 3.57. The molecule has 76 valence electrons. The van der Waals surface area contributed by atoms with Gasteiger partial charge in [-0.3, -0.25) is 4.98 Å². The summed E-state index contributed by atoms with van der Waals surface area (Å²) in [4.78, 5) is 4.57. The van der Waals surface area contributed by atoms with Crippen molar-refractivity contribution in [2.24, 2.45) is 5.92 Å². The highest BCUT2D eigenvalue weighted by Gasteiger charge is 2.24. The number of aromatic nitrogens is 1. The van der Waals surface area contributed by atoms with Crippen molar-refractivity contribution < 1.29 is 0 Å². The Morgan fingerprint density at radius 3 is 3.21 bits per heavy atom. The van der Waals surface area contributed by atoms with Crippen LogP contribution in [0, 0.1) is 5.92 Å². The zero-order valence-corrected chi connectivity index (χ0v) is 9.16. The fourth-order valence-corrected chi connectivity index (χ4v) is 2.48. The molecule has 0 saturated carbocycles. The first-order chi connectivity index (χ1) is 6.83. The summed E-state index contributed by atoms with van der Waals surface area (Å²) in [5.74, 6) is 1.49. The second kappa shape index (κ2) is 4.12. The number of hydrogen-bond acceptors (Lipinski definition) is 1. The SMILES string of the molecule is CCC(C)C1CCCc2cccnc21.